The number of fused-ring (bicyclic) bond motifs is 1. The fraction of sp³-hybridized carbons (Fsp3) is 0.444. The molecule has 0 bridgehead atoms. The Hall–Kier alpha value is -3.26. The number of piperidine rings is 1. The molecule has 212 valence electrons. The molecule has 1 amide bonds. The fourth-order valence-corrected chi connectivity index (χ4v) is 5.95. The largest absolute Gasteiger partial charge is 0.391 e. The molecule has 4 aromatic heterocycles. The quantitative estimate of drug-likeness (QED) is 0.337. The van der Waals surface area contributed by atoms with Crippen LogP contribution in [0, 0.1) is 0 Å². The van der Waals surface area contributed by atoms with E-state index >= 15 is 0 Å². The number of thiazole rings is 1. The van der Waals surface area contributed by atoms with E-state index < -0.39 is 6.10 Å². The molecule has 0 radical (unpaired) electrons. The molecule has 0 saturated carbocycles. The van der Waals surface area contributed by atoms with Gasteiger partial charge in [0.15, 0.2) is 16.6 Å². The van der Waals surface area contributed by atoms with E-state index in [9.17, 15) is 9.90 Å². The lowest BCUT2D eigenvalue weighted by Crippen LogP contribution is -2.36. The molecule has 2 fully saturated rings. The Bertz CT molecular complexity index is 1460. The number of amides is 1. The Labute approximate surface area is 243 Å². The van der Waals surface area contributed by atoms with Crippen molar-refractivity contribution < 1.29 is 14.6 Å². The summed E-state index contributed by atoms with van der Waals surface area (Å²) in [5, 5.41) is 18.0. The van der Waals surface area contributed by atoms with E-state index in [-0.39, 0.29) is 19.4 Å². The van der Waals surface area contributed by atoms with Gasteiger partial charge in [0.05, 0.1) is 48.1 Å². The van der Waals surface area contributed by atoms with Gasteiger partial charge in [-0.3, -0.25) is 9.48 Å². The number of carbonyl (C=O) groups excluding carboxylic acids is 1. The van der Waals surface area contributed by atoms with Gasteiger partial charge in [-0.15, -0.1) is 0 Å². The number of carbonyl (C=O) groups is 1. The normalized spacial score (nSPS) is 16.6. The van der Waals surface area contributed by atoms with E-state index in [2.05, 4.69) is 25.2 Å². The summed E-state index contributed by atoms with van der Waals surface area (Å²) < 4.78 is 8.09. The number of hydrogen-bond acceptors (Lipinski definition) is 10. The van der Waals surface area contributed by atoms with E-state index in [4.69, 9.17) is 14.7 Å². The molecule has 4 aromatic rings. The molecule has 1 atom stereocenters. The van der Waals surface area contributed by atoms with Crippen molar-refractivity contribution in [3.05, 3.63) is 42.4 Å². The monoisotopic (exact) mass is 582 g/mol. The maximum absolute atomic E-state index is 13.5. The van der Waals surface area contributed by atoms with Crippen LogP contribution in [-0.4, -0.2) is 81.2 Å². The van der Waals surface area contributed by atoms with Gasteiger partial charge in [0.1, 0.15) is 5.69 Å². The van der Waals surface area contributed by atoms with E-state index in [1.54, 1.807) is 35.2 Å². The Morgan fingerprint density at radius 1 is 1.10 bits per heavy atom. The predicted molar refractivity (Wildman–Crippen MR) is 162 cm³/mol. The van der Waals surface area contributed by atoms with E-state index in [0.29, 0.717) is 42.5 Å². The number of morpholine rings is 1. The molecule has 0 aromatic carbocycles. The topological polar surface area (TPSA) is 122 Å². The first kappa shape index (κ1) is 28.3. The highest BCUT2D eigenvalue weighted by molar-refractivity contribution is 7.59. The van der Waals surface area contributed by atoms with Crippen molar-refractivity contribution in [3.63, 3.8) is 0 Å². The molecule has 2 saturated heterocycles. The average molecular weight is 583 g/mol. The van der Waals surface area contributed by atoms with Crippen molar-refractivity contribution in [3.8, 4) is 11.3 Å². The summed E-state index contributed by atoms with van der Waals surface area (Å²) in [5.41, 5.74) is 3.10. The molecule has 6 rings (SSSR count). The third kappa shape index (κ3) is 6.22. The maximum atomic E-state index is 13.5. The van der Waals surface area contributed by atoms with Crippen LogP contribution >= 0.6 is 24.8 Å². The summed E-state index contributed by atoms with van der Waals surface area (Å²) >= 11 is 1.59. The van der Waals surface area contributed by atoms with Crippen LogP contribution in [0.4, 0.5) is 16.6 Å². The van der Waals surface area contributed by atoms with Gasteiger partial charge < -0.3 is 25.0 Å². The summed E-state index contributed by atoms with van der Waals surface area (Å²) in [4.78, 5) is 32.3. The van der Waals surface area contributed by atoms with Crippen LogP contribution in [0.2, 0.25) is 0 Å². The van der Waals surface area contributed by atoms with Gasteiger partial charge in [0, 0.05) is 37.9 Å². The molecular formula is C27H34N8O3S2. The molecule has 0 spiro atoms. The van der Waals surface area contributed by atoms with Crippen LogP contribution in [0.5, 0.6) is 0 Å². The van der Waals surface area contributed by atoms with E-state index in [1.165, 1.54) is 6.42 Å². The summed E-state index contributed by atoms with van der Waals surface area (Å²) in [6.07, 6.45) is 6.38. The Kier molecular flexibility index (Phi) is 8.84. The minimum atomic E-state index is -0.508. The van der Waals surface area contributed by atoms with Gasteiger partial charge in [-0.1, -0.05) is 17.4 Å². The van der Waals surface area contributed by atoms with E-state index in [0.717, 1.165) is 60.2 Å². The number of nitrogens with zero attached hydrogens (tertiary/aromatic N) is 7. The van der Waals surface area contributed by atoms with Crippen molar-refractivity contribution in [1.82, 2.24) is 24.7 Å². The molecular weight excluding hydrogens is 548 g/mol. The number of ether oxygens (including phenoxy) is 1. The van der Waals surface area contributed by atoms with Crippen molar-refractivity contribution in [2.45, 2.75) is 38.8 Å². The van der Waals surface area contributed by atoms with Gasteiger partial charge in [0.25, 0.3) is 5.91 Å². The number of aliphatic hydroxyl groups excluding tert-OH is 1. The van der Waals surface area contributed by atoms with Crippen molar-refractivity contribution in [1.29, 1.82) is 0 Å². The lowest BCUT2D eigenvalue weighted by atomic mass is 10.1. The SMILES string of the molecule is C[C@H](O)Cn1cc(-c2cccc(C(=O)Nc3cc4sc(N5CCOCC5)nc4nc3N3CCCCC3)n2)cn1.S. The minimum absolute atomic E-state index is 0. The Morgan fingerprint density at radius 3 is 2.67 bits per heavy atom. The van der Waals surface area contributed by atoms with Crippen LogP contribution in [0.1, 0.15) is 36.7 Å². The summed E-state index contributed by atoms with van der Waals surface area (Å²) in [5.74, 6) is 0.454. The highest BCUT2D eigenvalue weighted by Gasteiger charge is 2.23. The zero-order valence-corrected chi connectivity index (χ0v) is 24.2. The summed E-state index contributed by atoms with van der Waals surface area (Å²) in [6.45, 7) is 6.89. The van der Waals surface area contributed by atoms with Crippen molar-refractivity contribution >= 4 is 57.7 Å². The minimum Gasteiger partial charge on any atom is -0.391 e. The van der Waals surface area contributed by atoms with Crippen LogP contribution in [0.15, 0.2) is 36.7 Å². The van der Waals surface area contributed by atoms with E-state index in [1.807, 2.05) is 24.4 Å². The zero-order valence-electron chi connectivity index (χ0n) is 22.4. The highest BCUT2D eigenvalue weighted by atomic mass is 32.1. The molecule has 0 unspecified atom stereocenters. The first-order valence-corrected chi connectivity index (χ1v) is 14.2. The van der Waals surface area contributed by atoms with Gasteiger partial charge >= 0.3 is 0 Å². The lowest BCUT2D eigenvalue weighted by Gasteiger charge is -2.29. The van der Waals surface area contributed by atoms with Crippen molar-refractivity contribution in [2.75, 3.05) is 54.5 Å². The molecule has 2 aliphatic heterocycles. The number of rotatable bonds is 7. The second-order valence-corrected chi connectivity index (χ2v) is 11.0. The first-order valence-electron chi connectivity index (χ1n) is 13.4. The second-order valence-electron chi connectivity index (χ2n) is 9.99. The maximum Gasteiger partial charge on any atom is 0.274 e. The Balaban J connectivity index is 0.00000323. The van der Waals surface area contributed by atoms with Crippen LogP contribution in [0.25, 0.3) is 21.6 Å². The second kappa shape index (κ2) is 12.5. The molecule has 2 aliphatic rings. The molecule has 2 N–H and O–H groups in total. The first-order chi connectivity index (χ1) is 19.0. The van der Waals surface area contributed by atoms with Crippen LogP contribution < -0.4 is 15.1 Å². The Morgan fingerprint density at radius 2 is 1.90 bits per heavy atom. The molecule has 13 heteroatoms. The molecule has 0 aliphatic carbocycles. The third-order valence-electron chi connectivity index (χ3n) is 6.90. The number of pyridine rings is 2. The van der Waals surface area contributed by atoms with Gasteiger partial charge in [-0.05, 0) is 44.4 Å². The molecule has 40 heavy (non-hydrogen) atoms. The number of nitrogens with one attached hydrogen (secondary N) is 1. The predicted octanol–water partition coefficient (Wildman–Crippen LogP) is 3.52. The molecule has 11 nitrogen and oxygen atoms in total. The lowest BCUT2D eigenvalue weighted by molar-refractivity contribution is 0.102. The van der Waals surface area contributed by atoms with Crippen molar-refractivity contribution in [2.24, 2.45) is 0 Å². The highest BCUT2D eigenvalue weighted by Crippen LogP contribution is 2.35. The van der Waals surface area contributed by atoms with Gasteiger partial charge in [-0.25, -0.2) is 9.97 Å². The summed E-state index contributed by atoms with van der Waals surface area (Å²) in [7, 11) is 0. The zero-order chi connectivity index (χ0) is 26.8. The smallest absolute Gasteiger partial charge is 0.274 e. The number of aliphatic hydroxyl groups is 1. The third-order valence-corrected chi connectivity index (χ3v) is 7.95. The van der Waals surface area contributed by atoms with Gasteiger partial charge in [0.2, 0.25) is 0 Å². The van der Waals surface area contributed by atoms with Crippen LogP contribution in [0.3, 0.4) is 0 Å². The number of hydrogen-bond donors (Lipinski definition) is 2. The van der Waals surface area contributed by atoms with Crippen LogP contribution in [-0.2, 0) is 11.3 Å². The number of aromatic nitrogens is 5. The standard InChI is InChI=1S/C27H32N8O3S.H2S/c1-18(36)16-35-17-19(15-28-35)20-6-5-7-21(29-20)26(37)30-22-14-23-24(31-25(22)33-8-3-2-4-9-33)32-27(39-23)34-10-12-38-13-11-34;/h5-7,14-15,17-18,36H,2-4,8-13,16H2,1H3,(H,30,37);1H2/t18-;/m0./s1. The molecule has 6 heterocycles. The number of anilines is 3. The van der Waals surface area contributed by atoms with Gasteiger partial charge in [-0.2, -0.15) is 23.6 Å². The summed E-state index contributed by atoms with van der Waals surface area (Å²) in [6, 6.07) is 7.36. The fourth-order valence-electron chi connectivity index (χ4n) is 4.95. The average Bonchev–Trinajstić information content (AvgIpc) is 3.60.